The van der Waals surface area contributed by atoms with Gasteiger partial charge in [0.25, 0.3) is 17.3 Å². The number of nitro groups is 2. The van der Waals surface area contributed by atoms with Crippen molar-refractivity contribution in [2.24, 2.45) is 0 Å². The third-order valence-electron chi connectivity index (χ3n) is 2.69. The lowest BCUT2D eigenvalue weighted by Crippen LogP contribution is -2.22. The largest absolute Gasteiger partial charge is 0.347 e. The maximum absolute atomic E-state index is 12.0. The van der Waals surface area contributed by atoms with Gasteiger partial charge in [0.05, 0.1) is 22.0 Å². The minimum Gasteiger partial charge on any atom is -0.347 e. The van der Waals surface area contributed by atoms with E-state index in [2.05, 4.69) is 5.32 Å². The summed E-state index contributed by atoms with van der Waals surface area (Å²) in [5.41, 5.74) is -1.56. The van der Waals surface area contributed by atoms with Crippen molar-refractivity contribution in [3.05, 3.63) is 65.3 Å². The Morgan fingerprint density at radius 1 is 1.23 bits per heavy atom. The zero-order chi connectivity index (χ0) is 16.3. The molecule has 0 radical (unpaired) electrons. The van der Waals surface area contributed by atoms with Gasteiger partial charge in [-0.05, 0) is 11.4 Å². The molecule has 10 heteroatoms. The van der Waals surface area contributed by atoms with Crippen molar-refractivity contribution in [2.45, 2.75) is 6.54 Å². The number of carbonyl (C=O) groups is 1. The van der Waals surface area contributed by atoms with E-state index in [1.807, 2.05) is 11.4 Å². The molecule has 0 fully saturated rings. The van der Waals surface area contributed by atoms with E-state index < -0.39 is 32.2 Å². The standard InChI is InChI=1S/C12H8ClN3O5S/c13-11-9(15(18)19)4-7(5-10(11)16(20)21)12(17)14-6-8-2-1-3-22-8/h1-5H,6H2,(H,14,17). The molecule has 1 aromatic carbocycles. The second-order valence-electron chi connectivity index (χ2n) is 4.10. The molecule has 0 bridgehead atoms. The van der Waals surface area contributed by atoms with Crippen molar-refractivity contribution in [2.75, 3.05) is 0 Å². The summed E-state index contributed by atoms with van der Waals surface area (Å²) < 4.78 is 0. The van der Waals surface area contributed by atoms with Gasteiger partial charge in [-0.1, -0.05) is 17.7 Å². The number of hydrogen-bond acceptors (Lipinski definition) is 6. The third-order valence-corrected chi connectivity index (χ3v) is 3.96. The van der Waals surface area contributed by atoms with Crippen LogP contribution in [0.2, 0.25) is 5.02 Å². The van der Waals surface area contributed by atoms with Crippen LogP contribution in [0.25, 0.3) is 0 Å². The fourth-order valence-electron chi connectivity index (χ4n) is 1.67. The van der Waals surface area contributed by atoms with Crippen LogP contribution in [0.1, 0.15) is 15.2 Å². The highest BCUT2D eigenvalue weighted by atomic mass is 35.5. The van der Waals surface area contributed by atoms with Crippen LogP contribution in [0.4, 0.5) is 11.4 Å². The Labute approximate surface area is 132 Å². The summed E-state index contributed by atoms with van der Waals surface area (Å²) in [6.07, 6.45) is 0. The third kappa shape index (κ3) is 3.38. The van der Waals surface area contributed by atoms with E-state index in [1.165, 1.54) is 11.3 Å². The van der Waals surface area contributed by atoms with Crippen LogP contribution in [0.3, 0.4) is 0 Å². The lowest BCUT2D eigenvalue weighted by Gasteiger charge is -2.05. The van der Waals surface area contributed by atoms with Gasteiger partial charge < -0.3 is 5.32 Å². The quantitative estimate of drug-likeness (QED) is 0.662. The normalized spacial score (nSPS) is 10.2. The number of amides is 1. The molecule has 1 heterocycles. The summed E-state index contributed by atoms with van der Waals surface area (Å²) in [5, 5.41) is 25.5. The first-order chi connectivity index (χ1) is 10.4. The summed E-state index contributed by atoms with van der Waals surface area (Å²) in [6.45, 7) is 0.223. The van der Waals surface area contributed by atoms with E-state index in [-0.39, 0.29) is 12.1 Å². The molecule has 0 atom stereocenters. The lowest BCUT2D eigenvalue weighted by molar-refractivity contribution is -0.393. The number of hydrogen-bond donors (Lipinski definition) is 1. The molecule has 0 saturated heterocycles. The number of nitro benzene ring substituents is 2. The zero-order valence-corrected chi connectivity index (χ0v) is 12.4. The highest BCUT2D eigenvalue weighted by molar-refractivity contribution is 7.09. The Balaban J connectivity index is 2.31. The first-order valence-electron chi connectivity index (χ1n) is 5.83. The molecule has 1 amide bonds. The Kier molecular flexibility index (Phi) is 4.68. The average molecular weight is 342 g/mol. The van der Waals surface area contributed by atoms with Crippen molar-refractivity contribution < 1.29 is 14.6 Å². The van der Waals surface area contributed by atoms with Gasteiger partial charge in [-0.15, -0.1) is 11.3 Å². The van der Waals surface area contributed by atoms with E-state index in [1.54, 1.807) is 6.07 Å². The molecule has 0 unspecified atom stereocenters. The average Bonchev–Trinajstić information content (AvgIpc) is 2.97. The molecule has 114 valence electrons. The Bertz CT molecular complexity index is 712. The number of nitrogens with one attached hydrogen (secondary N) is 1. The summed E-state index contributed by atoms with van der Waals surface area (Å²) in [6, 6.07) is 5.44. The molecule has 1 N–H and O–H groups in total. The number of rotatable bonds is 5. The van der Waals surface area contributed by atoms with Gasteiger partial charge in [0.2, 0.25) is 0 Å². The summed E-state index contributed by atoms with van der Waals surface area (Å²) in [5.74, 6) is -0.656. The molecule has 0 aliphatic heterocycles. The van der Waals surface area contributed by atoms with Crippen LogP contribution in [-0.2, 0) is 6.54 Å². The van der Waals surface area contributed by atoms with Crippen LogP contribution in [0, 0.1) is 20.2 Å². The number of nitrogens with zero attached hydrogens (tertiary/aromatic N) is 2. The van der Waals surface area contributed by atoms with Gasteiger partial charge in [0.1, 0.15) is 0 Å². The minimum absolute atomic E-state index is 0.195. The van der Waals surface area contributed by atoms with Crippen LogP contribution in [0.15, 0.2) is 29.6 Å². The molecule has 0 aliphatic carbocycles. The summed E-state index contributed by atoms with van der Waals surface area (Å²) >= 11 is 7.05. The van der Waals surface area contributed by atoms with Gasteiger partial charge in [0, 0.05) is 17.0 Å². The van der Waals surface area contributed by atoms with Crippen LogP contribution in [-0.4, -0.2) is 15.8 Å². The number of thiophene rings is 1. The van der Waals surface area contributed by atoms with Crippen LogP contribution >= 0.6 is 22.9 Å². The van der Waals surface area contributed by atoms with Crippen LogP contribution < -0.4 is 5.32 Å². The minimum atomic E-state index is -0.870. The summed E-state index contributed by atoms with van der Waals surface area (Å²) in [4.78, 5) is 32.9. The van der Waals surface area contributed by atoms with Gasteiger partial charge in [0.15, 0.2) is 5.02 Å². The molecule has 0 spiro atoms. The predicted molar refractivity (Wildman–Crippen MR) is 80.2 cm³/mol. The van der Waals surface area contributed by atoms with Gasteiger partial charge in [-0.25, -0.2) is 0 Å². The van der Waals surface area contributed by atoms with Crippen molar-refractivity contribution in [3.63, 3.8) is 0 Å². The first kappa shape index (κ1) is 15.9. The van der Waals surface area contributed by atoms with Crippen molar-refractivity contribution in [1.82, 2.24) is 5.32 Å². The maximum atomic E-state index is 12.0. The number of halogens is 1. The van der Waals surface area contributed by atoms with Crippen molar-refractivity contribution in [1.29, 1.82) is 0 Å². The molecule has 0 aliphatic rings. The fraction of sp³-hybridized carbons (Fsp3) is 0.0833. The van der Waals surface area contributed by atoms with Crippen molar-refractivity contribution >= 4 is 40.2 Å². The van der Waals surface area contributed by atoms with Gasteiger partial charge in [-0.3, -0.25) is 25.0 Å². The Morgan fingerprint density at radius 2 is 1.82 bits per heavy atom. The van der Waals surface area contributed by atoms with E-state index in [9.17, 15) is 25.0 Å². The maximum Gasteiger partial charge on any atom is 0.295 e. The second-order valence-corrected chi connectivity index (χ2v) is 5.51. The predicted octanol–water partition coefficient (Wildman–Crippen LogP) is 3.15. The van der Waals surface area contributed by atoms with E-state index in [4.69, 9.17) is 11.6 Å². The van der Waals surface area contributed by atoms with Crippen LogP contribution in [0.5, 0.6) is 0 Å². The second kappa shape index (κ2) is 6.50. The molecular formula is C12H8ClN3O5S. The van der Waals surface area contributed by atoms with Crippen molar-refractivity contribution in [3.8, 4) is 0 Å². The summed E-state index contributed by atoms with van der Waals surface area (Å²) in [7, 11) is 0. The van der Waals surface area contributed by atoms with E-state index >= 15 is 0 Å². The highest BCUT2D eigenvalue weighted by Gasteiger charge is 2.27. The highest BCUT2D eigenvalue weighted by Crippen LogP contribution is 2.34. The molecular weight excluding hydrogens is 334 g/mol. The molecule has 8 nitrogen and oxygen atoms in total. The van der Waals surface area contributed by atoms with Gasteiger partial charge >= 0.3 is 0 Å². The molecule has 0 saturated carbocycles. The fourth-order valence-corrected chi connectivity index (χ4v) is 2.57. The Morgan fingerprint density at radius 3 is 2.27 bits per heavy atom. The number of carbonyl (C=O) groups excluding carboxylic acids is 1. The molecule has 2 aromatic rings. The molecule has 22 heavy (non-hydrogen) atoms. The van der Waals surface area contributed by atoms with Gasteiger partial charge in [-0.2, -0.15) is 0 Å². The topological polar surface area (TPSA) is 115 Å². The SMILES string of the molecule is O=C(NCc1cccs1)c1cc([N+](=O)[O-])c(Cl)c([N+](=O)[O-])c1. The van der Waals surface area contributed by atoms with E-state index in [0.717, 1.165) is 17.0 Å². The lowest BCUT2D eigenvalue weighted by atomic mass is 10.1. The molecule has 1 aromatic heterocycles. The first-order valence-corrected chi connectivity index (χ1v) is 7.09. The molecule has 2 rings (SSSR count). The zero-order valence-electron chi connectivity index (χ0n) is 10.8. The monoisotopic (exact) mass is 341 g/mol. The Hall–Kier alpha value is -2.52. The smallest absolute Gasteiger partial charge is 0.295 e. The van der Waals surface area contributed by atoms with E-state index in [0.29, 0.717) is 0 Å². The number of benzene rings is 1.